The second-order valence-corrected chi connectivity index (χ2v) is 9.64. The molecule has 0 atom stereocenters. The zero-order valence-corrected chi connectivity index (χ0v) is 19.5. The first-order chi connectivity index (χ1) is 15.0. The van der Waals surface area contributed by atoms with Gasteiger partial charge in [0.1, 0.15) is 10.6 Å². The van der Waals surface area contributed by atoms with Crippen LogP contribution in [0.2, 0.25) is 0 Å². The minimum Gasteiger partial charge on any atom is -0.338 e. The minimum absolute atomic E-state index is 0.0865. The summed E-state index contributed by atoms with van der Waals surface area (Å²) in [5.41, 5.74) is 1.53. The fourth-order valence-corrected chi connectivity index (χ4v) is 5.92. The Kier molecular flexibility index (Phi) is 6.54. The van der Waals surface area contributed by atoms with Crippen molar-refractivity contribution in [1.29, 1.82) is 0 Å². The van der Waals surface area contributed by atoms with E-state index in [9.17, 15) is 14.0 Å². The predicted octanol–water partition coefficient (Wildman–Crippen LogP) is 5.00. The number of hydrogen-bond donors (Lipinski definition) is 0. The fraction of sp³-hybridized carbons (Fsp3) is 0.227. The van der Waals surface area contributed by atoms with Crippen LogP contribution in [0.15, 0.2) is 57.1 Å². The highest BCUT2D eigenvalue weighted by atomic mass is 32.2. The number of thiophene rings is 2. The summed E-state index contributed by atoms with van der Waals surface area (Å²) in [5.74, 6) is -0.254. The molecule has 0 aliphatic carbocycles. The maximum Gasteiger partial charge on any atom is 0.263 e. The third-order valence-corrected chi connectivity index (χ3v) is 7.67. The van der Waals surface area contributed by atoms with E-state index in [4.69, 9.17) is 0 Å². The number of fused-ring (bicyclic) bond motifs is 1. The average Bonchev–Trinajstić information content (AvgIpc) is 3.43. The maximum absolute atomic E-state index is 13.4. The second kappa shape index (κ2) is 9.33. The summed E-state index contributed by atoms with van der Waals surface area (Å²) >= 11 is 4.27. The summed E-state index contributed by atoms with van der Waals surface area (Å²) < 4.78 is 15.0. The van der Waals surface area contributed by atoms with E-state index >= 15 is 0 Å². The summed E-state index contributed by atoms with van der Waals surface area (Å²) in [4.78, 5) is 33.8. The highest BCUT2D eigenvalue weighted by molar-refractivity contribution is 7.99. The van der Waals surface area contributed by atoms with Gasteiger partial charge in [-0.3, -0.25) is 14.2 Å². The Morgan fingerprint density at radius 3 is 2.81 bits per heavy atom. The molecule has 3 heterocycles. The second-order valence-electron chi connectivity index (χ2n) is 6.89. The normalized spacial score (nSPS) is 11.2. The van der Waals surface area contributed by atoms with Crippen LogP contribution in [-0.2, 0) is 18.4 Å². The molecule has 4 aromatic rings. The summed E-state index contributed by atoms with van der Waals surface area (Å²) in [6.45, 7) is 2.74. The topological polar surface area (TPSA) is 55.2 Å². The first-order valence-electron chi connectivity index (χ1n) is 9.65. The average molecular weight is 474 g/mol. The molecule has 5 nitrogen and oxygen atoms in total. The van der Waals surface area contributed by atoms with Gasteiger partial charge in [-0.15, -0.1) is 22.7 Å². The van der Waals surface area contributed by atoms with Crippen LogP contribution in [0.4, 0.5) is 4.39 Å². The van der Waals surface area contributed by atoms with Crippen LogP contribution < -0.4 is 5.56 Å². The zero-order valence-electron chi connectivity index (χ0n) is 17.0. The third-order valence-electron chi connectivity index (χ3n) is 4.88. The van der Waals surface area contributed by atoms with Gasteiger partial charge in [0, 0.05) is 36.0 Å². The van der Waals surface area contributed by atoms with Crippen molar-refractivity contribution in [2.24, 2.45) is 7.05 Å². The minimum atomic E-state index is -0.319. The molecule has 0 N–H and O–H groups in total. The predicted molar refractivity (Wildman–Crippen MR) is 126 cm³/mol. The summed E-state index contributed by atoms with van der Waals surface area (Å²) in [7, 11) is 1.68. The van der Waals surface area contributed by atoms with Crippen molar-refractivity contribution in [3.05, 3.63) is 68.9 Å². The van der Waals surface area contributed by atoms with Crippen LogP contribution in [0.5, 0.6) is 0 Å². The van der Waals surface area contributed by atoms with Crippen molar-refractivity contribution in [1.82, 2.24) is 14.5 Å². The molecular weight excluding hydrogens is 453 g/mol. The molecule has 160 valence electrons. The van der Waals surface area contributed by atoms with Crippen molar-refractivity contribution >= 4 is 50.6 Å². The molecule has 3 aromatic heterocycles. The molecule has 4 rings (SSSR count). The smallest absolute Gasteiger partial charge is 0.263 e. The lowest BCUT2D eigenvalue weighted by atomic mass is 10.2. The molecule has 0 aliphatic heterocycles. The molecule has 0 unspecified atom stereocenters. The molecule has 9 heteroatoms. The van der Waals surface area contributed by atoms with E-state index in [0.29, 0.717) is 28.5 Å². The van der Waals surface area contributed by atoms with Crippen LogP contribution in [0.3, 0.4) is 0 Å². The van der Waals surface area contributed by atoms with Gasteiger partial charge >= 0.3 is 0 Å². The number of carbonyl (C=O) groups excluding carboxylic acids is 1. The summed E-state index contributed by atoms with van der Waals surface area (Å²) in [6.07, 6.45) is 0. The molecule has 0 fully saturated rings. The molecule has 0 spiro atoms. The Morgan fingerprint density at radius 2 is 2.10 bits per heavy atom. The molecule has 0 bridgehead atoms. The molecule has 1 amide bonds. The van der Waals surface area contributed by atoms with E-state index < -0.39 is 0 Å². The lowest BCUT2D eigenvalue weighted by Crippen LogP contribution is -2.32. The number of halogens is 1. The van der Waals surface area contributed by atoms with Gasteiger partial charge in [-0.25, -0.2) is 9.37 Å². The number of benzene rings is 1. The Hall–Kier alpha value is -2.49. The highest BCUT2D eigenvalue weighted by Crippen LogP contribution is 2.34. The number of carbonyl (C=O) groups is 1. The number of aromatic nitrogens is 2. The van der Waals surface area contributed by atoms with Crippen molar-refractivity contribution in [2.45, 2.75) is 18.6 Å². The number of nitrogens with zero attached hydrogens (tertiary/aromatic N) is 3. The van der Waals surface area contributed by atoms with Gasteiger partial charge in [-0.2, -0.15) is 0 Å². The fourth-order valence-electron chi connectivity index (χ4n) is 3.24. The van der Waals surface area contributed by atoms with E-state index in [1.807, 2.05) is 29.8 Å². The number of amides is 1. The number of thioether (sulfide) groups is 1. The van der Waals surface area contributed by atoms with Gasteiger partial charge in [-0.1, -0.05) is 30.0 Å². The van der Waals surface area contributed by atoms with Gasteiger partial charge in [0.2, 0.25) is 5.91 Å². The summed E-state index contributed by atoms with van der Waals surface area (Å²) in [5, 5.41) is 5.07. The van der Waals surface area contributed by atoms with Crippen LogP contribution >= 0.6 is 34.4 Å². The zero-order chi connectivity index (χ0) is 22.0. The van der Waals surface area contributed by atoms with Gasteiger partial charge in [-0.05, 0) is 36.1 Å². The van der Waals surface area contributed by atoms with E-state index in [1.165, 1.54) is 39.8 Å². The lowest BCUT2D eigenvalue weighted by molar-refractivity contribution is -0.128. The molecular formula is C22H20FN3O2S3. The van der Waals surface area contributed by atoms with E-state index in [0.717, 1.165) is 16.0 Å². The van der Waals surface area contributed by atoms with Crippen LogP contribution in [0.1, 0.15) is 12.5 Å². The van der Waals surface area contributed by atoms with E-state index in [1.54, 1.807) is 35.4 Å². The van der Waals surface area contributed by atoms with Crippen molar-refractivity contribution in [2.75, 3.05) is 12.3 Å². The largest absolute Gasteiger partial charge is 0.338 e. The van der Waals surface area contributed by atoms with Crippen LogP contribution in [0, 0.1) is 5.82 Å². The lowest BCUT2D eigenvalue weighted by Gasteiger charge is -2.21. The van der Waals surface area contributed by atoms with Gasteiger partial charge < -0.3 is 4.90 Å². The molecule has 0 saturated carbocycles. The molecule has 31 heavy (non-hydrogen) atoms. The Bertz CT molecular complexity index is 1280. The van der Waals surface area contributed by atoms with Gasteiger partial charge in [0.05, 0.1) is 11.1 Å². The maximum atomic E-state index is 13.4. The van der Waals surface area contributed by atoms with Crippen molar-refractivity contribution < 1.29 is 9.18 Å². The first kappa shape index (κ1) is 21.7. The quantitative estimate of drug-likeness (QED) is 0.280. The van der Waals surface area contributed by atoms with Crippen LogP contribution in [0.25, 0.3) is 20.7 Å². The monoisotopic (exact) mass is 473 g/mol. The van der Waals surface area contributed by atoms with Gasteiger partial charge in [0.25, 0.3) is 5.56 Å². The number of rotatable bonds is 7. The molecule has 0 radical (unpaired) electrons. The summed E-state index contributed by atoms with van der Waals surface area (Å²) in [6, 6.07) is 10.2. The molecule has 1 aromatic carbocycles. The Morgan fingerprint density at radius 1 is 1.26 bits per heavy atom. The first-order valence-corrected chi connectivity index (χ1v) is 12.4. The third kappa shape index (κ3) is 4.58. The van der Waals surface area contributed by atoms with E-state index in [-0.39, 0.29) is 23.0 Å². The van der Waals surface area contributed by atoms with Crippen molar-refractivity contribution in [3.63, 3.8) is 0 Å². The van der Waals surface area contributed by atoms with Crippen molar-refractivity contribution in [3.8, 4) is 10.4 Å². The van der Waals surface area contributed by atoms with Gasteiger partial charge in [0.15, 0.2) is 5.16 Å². The number of hydrogen-bond acceptors (Lipinski definition) is 6. The Balaban J connectivity index is 1.52. The van der Waals surface area contributed by atoms with E-state index in [2.05, 4.69) is 4.98 Å². The van der Waals surface area contributed by atoms with Crippen LogP contribution in [-0.4, -0.2) is 32.7 Å². The molecule has 0 aliphatic rings. The highest BCUT2D eigenvalue weighted by Gasteiger charge is 2.18. The molecule has 0 saturated heterocycles. The SMILES string of the molecule is CCN(Cc1cccc(F)c1)C(=O)CSc1nc2scc(-c3cccs3)c2c(=O)n1C. The Labute approximate surface area is 191 Å². The standard InChI is InChI=1S/C22H20FN3O2S3/c1-3-26(11-14-6-4-7-15(23)10-14)18(27)13-31-22-24-20-19(21(28)25(22)2)16(12-30-20)17-8-5-9-29-17/h4-10,12H,3,11,13H2,1-2H3.